The average Bonchev–Trinajstić information content (AvgIpc) is 2.90. The minimum atomic E-state index is -3.65. The SMILES string of the molecule is NCCOCCNS(=O)(=O)c1ccc(Nc2ncc(Cl)c(-c3cccc(-c4ccccc4)c3)n2)cc1. The van der Waals surface area contributed by atoms with Gasteiger partial charge in [0.1, 0.15) is 0 Å². The number of hydrogen-bond acceptors (Lipinski definition) is 7. The molecule has 186 valence electrons. The van der Waals surface area contributed by atoms with Gasteiger partial charge in [-0.25, -0.2) is 23.1 Å². The first-order valence-electron chi connectivity index (χ1n) is 11.3. The van der Waals surface area contributed by atoms with Crippen molar-refractivity contribution >= 4 is 33.3 Å². The molecule has 0 bridgehead atoms. The fourth-order valence-corrected chi connectivity index (χ4v) is 4.68. The Kier molecular flexibility index (Phi) is 8.63. The molecular weight excluding hydrogens is 498 g/mol. The molecule has 8 nitrogen and oxygen atoms in total. The van der Waals surface area contributed by atoms with Crippen molar-refractivity contribution in [1.82, 2.24) is 14.7 Å². The van der Waals surface area contributed by atoms with Crippen molar-refractivity contribution in [3.8, 4) is 22.4 Å². The van der Waals surface area contributed by atoms with E-state index in [0.717, 1.165) is 16.7 Å². The maximum absolute atomic E-state index is 12.5. The van der Waals surface area contributed by atoms with Crippen LogP contribution in [0.25, 0.3) is 22.4 Å². The Hall–Kier alpha value is -3.34. The van der Waals surface area contributed by atoms with Crippen molar-refractivity contribution in [2.75, 3.05) is 31.6 Å². The van der Waals surface area contributed by atoms with Gasteiger partial charge in [-0.2, -0.15) is 0 Å². The molecule has 0 fully saturated rings. The molecule has 10 heteroatoms. The zero-order valence-electron chi connectivity index (χ0n) is 19.4. The molecule has 0 aliphatic carbocycles. The Morgan fingerprint density at radius 3 is 2.36 bits per heavy atom. The van der Waals surface area contributed by atoms with Gasteiger partial charge in [-0.1, -0.05) is 60.1 Å². The highest BCUT2D eigenvalue weighted by Gasteiger charge is 2.14. The summed E-state index contributed by atoms with van der Waals surface area (Å²) < 4.78 is 32.6. The van der Waals surface area contributed by atoms with E-state index in [1.165, 1.54) is 18.3 Å². The standard InChI is InChI=1S/C26H26ClN5O3S/c27-24-18-29-26(32-25(24)21-8-4-7-20(17-21)19-5-2-1-3-6-19)31-22-9-11-23(12-10-22)36(33,34)30-14-16-35-15-13-28/h1-12,17-18,30H,13-16,28H2,(H,29,31,32). The summed E-state index contributed by atoms with van der Waals surface area (Å²) in [7, 11) is -3.65. The summed E-state index contributed by atoms with van der Waals surface area (Å²) in [6, 6.07) is 24.3. The van der Waals surface area contributed by atoms with Gasteiger partial charge in [0, 0.05) is 24.3 Å². The van der Waals surface area contributed by atoms with E-state index in [0.29, 0.717) is 35.5 Å². The lowest BCUT2D eigenvalue weighted by Crippen LogP contribution is -2.28. The van der Waals surface area contributed by atoms with E-state index < -0.39 is 10.0 Å². The second kappa shape index (κ2) is 12.1. The number of hydrogen-bond donors (Lipinski definition) is 3. The third-order valence-corrected chi connectivity index (χ3v) is 6.96. The molecule has 4 aromatic rings. The summed E-state index contributed by atoms with van der Waals surface area (Å²) >= 11 is 6.43. The Morgan fingerprint density at radius 1 is 0.889 bits per heavy atom. The van der Waals surface area contributed by atoms with Gasteiger partial charge in [-0.05, 0) is 41.5 Å². The van der Waals surface area contributed by atoms with Crippen molar-refractivity contribution in [3.05, 3.63) is 90.1 Å². The molecule has 0 amide bonds. The van der Waals surface area contributed by atoms with E-state index in [1.807, 2.05) is 54.6 Å². The second-order valence-electron chi connectivity index (χ2n) is 7.79. The fraction of sp³-hybridized carbons (Fsp3) is 0.154. The summed E-state index contributed by atoms with van der Waals surface area (Å²) in [5.74, 6) is 0.338. The van der Waals surface area contributed by atoms with Crippen molar-refractivity contribution in [3.63, 3.8) is 0 Å². The lowest BCUT2D eigenvalue weighted by Gasteiger charge is -2.11. The van der Waals surface area contributed by atoms with Crippen LogP contribution in [0.15, 0.2) is 90.0 Å². The normalized spacial score (nSPS) is 11.4. The Morgan fingerprint density at radius 2 is 1.61 bits per heavy atom. The quantitative estimate of drug-likeness (QED) is 0.248. The molecule has 0 aliphatic rings. The molecule has 0 saturated heterocycles. The van der Waals surface area contributed by atoms with Gasteiger partial charge in [-0.3, -0.25) is 0 Å². The largest absolute Gasteiger partial charge is 0.379 e. The van der Waals surface area contributed by atoms with Crippen LogP contribution in [0.1, 0.15) is 0 Å². The predicted molar refractivity (Wildman–Crippen MR) is 143 cm³/mol. The number of nitrogens with one attached hydrogen (secondary N) is 2. The van der Waals surface area contributed by atoms with E-state index in [-0.39, 0.29) is 18.0 Å². The maximum Gasteiger partial charge on any atom is 0.240 e. The highest BCUT2D eigenvalue weighted by molar-refractivity contribution is 7.89. The molecular formula is C26H26ClN5O3S. The van der Waals surface area contributed by atoms with Gasteiger partial charge in [0.25, 0.3) is 0 Å². The first-order valence-corrected chi connectivity index (χ1v) is 13.2. The summed E-state index contributed by atoms with van der Waals surface area (Å²) in [5, 5.41) is 3.53. The molecule has 3 aromatic carbocycles. The van der Waals surface area contributed by atoms with E-state index in [9.17, 15) is 8.42 Å². The molecule has 0 radical (unpaired) electrons. The van der Waals surface area contributed by atoms with E-state index in [2.05, 4.69) is 20.0 Å². The van der Waals surface area contributed by atoms with Crippen LogP contribution in [-0.2, 0) is 14.8 Å². The van der Waals surface area contributed by atoms with E-state index >= 15 is 0 Å². The van der Waals surface area contributed by atoms with Gasteiger partial charge in [-0.15, -0.1) is 0 Å². The predicted octanol–water partition coefficient (Wildman–Crippen LogP) is 4.46. The van der Waals surface area contributed by atoms with Crippen molar-refractivity contribution in [1.29, 1.82) is 0 Å². The van der Waals surface area contributed by atoms with Gasteiger partial charge in [0.15, 0.2) is 0 Å². The highest BCUT2D eigenvalue weighted by atomic mass is 35.5. The molecule has 1 heterocycles. The number of halogens is 1. The number of benzene rings is 3. The van der Waals surface area contributed by atoms with Crippen LogP contribution in [0.5, 0.6) is 0 Å². The Labute approximate surface area is 215 Å². The lowest BCUT2D eigenvalue weighted by molar-refractivity contribution is 0.147. The van der Waals surface area contributed by atoms with Crippen LogP contribution in [0.2, 0.25) is 5.02 Å². The molecule has 0 saturated carbocycles. The third-order valence-electron chi connectivity index (χ3n) is 5.21. The van der Waals surface area contributed by atoms with Gasteiger partial charge in [0.05, 0.1) is 35.0 Å². The minimum Gasteiger partial charge on any atom is -0.379 e. The molecule has 0 aliphatic heterocycles. The number of sulfonamides is 1. The highest BCUT2D eigenvalue weighted by Crippen LogP contribution is 2.30. The van der Waals surface area contributed by atoms with Crippen LogP contribution < -0.4 is 15.8 Å². The van der Waals surface area contributed by atoms with Crippen LogP contribution in [0.3, 0.4) is 0 Å². The molecule has 36 heavy (non-hydrogen) atoms. The summed E-state index contributed by atoms with van der Waals surface area (Å²) in [6.07, 6.45) is 1.54. The molecule has 1 aromatic heterocycles. The number of nitrogens with two attached hydrogens (primary N) is 1. The van der Waals surface area contributed by atoms with Crippen molar-refractivity contribution < 1.29 is 13.2 Å². The lowest BCUT2D eigenvalue weighted by atomic mass is 10.0. The van der Waals surface area contributed by atoms with Gasteiger partial charge < -0.3 is 15.8 Å². The van der Waals surface area contributed by atoms with Crippen LogP contribution >= 0.6 is 11.6 Å². The number of ether oxygens (including phenoxy) is 1. The van der Waals surface area contributed by atoms with Gasteiger partial charge in [0.2, 0.25) is 16.0 Å². The zero-order valence-corrected chi connectivity index (χ0v) is 21.0. The Bertz CT molecular complexity index is 1400. The monoisotopic (exact) mass is 523 g/mol. The maximum atomic E-state index is 12.5. The summed E-state index contributed by atoms with van der Waals surface area (Å²) in [4.78, 5) is 9.01. The number of nitrogens with zero attached hydrogens (tertiary/aromatic N) is 2. The topological polar surface area (TPSA) is 119 Å². The molecule has 4 N–H and O–H groups in total. The van der Waals surface area contributed by atoms with Crippen LogP contribution in [0.4, 0.5) is 11.6 Å². The number of anilines is 2. The minimum absolute atomic E-state index is 0.141. The first-order chi connectivity index (χ1) is 17.5. The Balaban J connectivity index is 1.48. The summed E-state index contributed by atoms with van der Waals surface area (Å²) in [6.45, 7) is 1.19. The summed E-state index contributed by atoms with van der Waals surface area (Å²) in [5.41, 5.74) is 9.56. The average molecular weight is 524 g/mol. The van der Waals surface area contributed by atoms with Gasteiger partial charge >= 0.3 is 0 Å². The van der Waals surface area contributed by atoms with Crippen molar-refractivity contribution in [2.45, 2.75) is 4.90 Å². The number of aromatic nitrogens is 2. The second-order valence-corrected chi connectivity index (χ2v) is 9.96. The zero-order chi connectivity index (χ0) is 25.4. The van der Waals surface area contributed by atoms with Crippen LogP contribution in [-0.4, -0.2) is 44.7 Å². The molecule has 0 unspecified atom stereocenters. The smallest absolute Gasteiger partial charge is 0.240 e. The fourth-order valence-electron chi connectivity index (χ4n) is 3.47. The third kappa shape index (κ3) is 6.66. The van der Waals surface area contributed by atoms with E-state index in [1.54, 1.807) is 12.1 Å². The van der Waals surface area contributed by atoms with Crippen molar-refractivity contribution in [2.24, 2.45) is 5.73 Å². The van der Waals surface area contributed by atoms with E-state index in [4.69, 9.17) is 22.1 Å². The molecule has 0 atom stereocenters. The molecule has 4 rings (SSSR count). The number of rotatable bonds is 11. The first kappa shape index (κ1) is 25.7. The molecule has 0 spiro atoms. The van der Waals surface area contributed by atoms with Crippen LogP contribution in [0, 0.1) is 0 Å².